The van der Waals surface area contributed by atoms with E-state index in [1.165, 1.54) is 4.68 Å². The number of aromatic nitrogens is 2. The second-order valence-electron chi connectivity index (χ2n) is 6.29. The molecule has 0 amide bonds. The highest BCUT2D eigenvalue weighted by atomic mass is 35.5. The molecule has 3 N–H and O–H groups in total. The van der Waals surface area contributed by atoms with Crippen LogP contribution in [-0.4, -0.2) is 21.7 Å². The van der Waals surface area contributed by atoms with Gasteiger partial charge in [0.2, 0.25) is 5.96 Å². The summed E-state index contributed by atoms with van der Waals surface area (Å²) in [6.45, 7) is 2.17. The first-order chi connectivity index (χ1) is 14.4. The fraction of sp³-hybridized carbons (Fsp3) is 0.150. The summed E-state index contributed by atoms with van der Waals surface area (Å²) in [5.41, 5.74) is 10.2. The normalized spacial score (nSPS) is 11.4. The lowest BCUT2D eigenvalue weighted by Gasteiger charge is -2.08. The highest BCUT2D eigenvalue weighted by molar-refractivity contribution is 6.36. The molecule has 0 unspecified atom stereocenters. The van der Waals surface area contributed by atoms with Crippen molar-refractivity contribution in [3.63, 3.8) is 0 Å². The number of nitrogens with one attached hydrogen (secondary N) is 1. The molecular weight excluding hydrogens is 449 g/mol. The van der Waals surface area contributed by atoms with Crippen LogP contribution >= 0.6 is 34.8 Å². The molecule has 0 saturated heterocycles. The van der Waals surface area contributed by atoms with Crippen molar-refractivity contribution < 1.29 is 9.63 Å². The molecule has 156 valence electrons. The molecule has 0 aliphatic rings. The van der Waals surface area contributed by atoms with Gasteiger partial charge in [-0.15, -0.1) is 0 Å². The molecule has 1 heterocycles. The van der Waals surface area contributed by atoms with E-state index in [-0.39, 0.29) is 23.2 Å². The first kappa shape index (κ1) is 22.0. The van der Waals surface area contributed by atoms with Crippen LogP contribution < -0.4 is 11.2 Å². The maximum absolute atomic E-state index is 12.5. The predicted molar refractivity (Wildman–Crippen MR) is 118 cm³/mol. The largest absolute Gasteiger partial charge is 0.368 e. The SMILES string of the molecule is Cc1nn(Cc2c(Cl)cccc2Cl)c(Cl)c1C(=O)ONC(N)=NCc1ccccc1. The summed E-state index contributed by atoms with van der Waals surface area (Å²) in [7, 11) is 0. The third-order valence-corrected chi connectivity index (χ3v) is 5.25. The number of carbonyl (C=O) groups excluding carboxylic acids is 1. The predicted octanol–water partition coefficient (Wildman–Crippen LogP) is 4.38. The molecule has 2 aromatic carbocycles. The Morgan fingerprint density at radius 3 is 2.47 bits per heavy atom. The zero-order valence-electron chi connectivity index (χ0n) is 15.9. The number of rotatable bonds is 5. The van der Waals surface area contributed by atoms with E-state index < -0.39 is 5.97 Å². The van der Waals surface area contributed by atoms with Crippen molar-refractivity contribution in [1.29, 1.82) is 0 Å². The van der Waals surface area contributed by atoms with E-state index in [9.17, 15) is 4.79 Å². The number of hydrogen-bond acceptors (Lipinski definition) is 4. The molecule has 3 rings (SSSR count). The van der Waals surface area contributed by atoms with E-state index in [0.29, 0.717) is 27.8 Å². The van der Waals surface area contributed by atoms with Gasteiger partial charge in [0, 0.05) is 15.6 Å². The van der Waals surface area contributed by atoms with E-state index >= 15 is 0 Å². The van der Waals surface area contributed by atoms with Gasteiger partial charge in [-0.2, -0.15) is 10.6 Å². The van der Waals surface area contributed by atoms with Crippen LogP contribution in [0.5, 0.6) is 0 Å². The maximum atomic E-state index is 12.5. The summed E-state index contributed by atoms with van der Waals surface area (Å²) in [5.74, 6) is -0.789. The molecule has 1 aromatic heterocycles. The summed E-state index contributed by atoms with van der Waals surface area (Å²) in [6, 6.07) is 14.7. The Morgan fingerprint density at radius 2 is 1.80 bits per heavy atom. The van der Waals surface area contributed by atoms with E-state index in [0.717, 1.165) is 5.56 Å². The molecule has 0 spiro atoms. The fourth-order valence-corrected chi connectivity index (χ4v) is 3.49. The van der Waals surface area contributed by atoms with Gasteiger partial charge in [0.05, 0.1) is 18.8 Å². The fourth-order valence-electron chi connectivity index (χ4n) is 2.66. The number of nitrogens with zero attached hydrogens (tertiary/aromatic N) is 3. The van der Waals surface area contributed by atoms with Gasteiger partial charge in [0.25, 0.3) is 0 Å². The smallest absolute Gasteiger partial charge is 0.367 e. The summed E-state index contributed by atoms with van der Waals surface area (Å²) in [4.78, 5) is 21.6. The van der Waals surface area contributed by atoms with Gasteiger partial charge < -0.3 is 10.6 Å². The number of hydroxylamine groups is 1. The van der Waals surface area contributed by atoms with Crippen LogP contribution in [0.3, 0.4) is 0 Å². The molecule has 0 saturated carbocycles. The molecule has 0 bridgehead atoms. The van der Waals surface area contributed by atoms with E-state index in [2.05, 4.69) is 15.6 Å². The second-order valence-corrected chi connectivity index (χ2v) is 7.46. The average molecular weight is 467 g/mol. The summed E-state index contributed by atoms with van der Waals surface area (Å²) in [5, 5.41) is 5.33. The Bertz CT molecular complexity index is 1060. The van der Waals surface area contributed by atoms with E-state index in [4.69, 9.17) is 45.4 Å². The molecule has 0 radical (unpaired) electrons. The van der Waals surface area contributed by atoms with Crippen LogP contribution in [0, 0.1) is 6.92 Å². The molecule has 7 nitrogen and oxygen atoms in total. The Balaban J connectivity index is 1.68. The standard InChI is InChI=1S/C20H18Cl3N5O2/c1-12-17(18(23)28(26-12)11-14-15(21)8-5-9-16(14)22)19(29)30-27-20(24)25-10-13-6-3-2-4-7-13/h2-9H,10-11H2,1H3,(H3,24,25,27). The molecule has 0 aliphatic carbocycles. The minimum Gasteiger partial charge on any atom is -0.368 e. The number of nitrogens with two attached hydrogens (primary N) is 1. The molecule has 0 atom stereocenters. The van der Waals surface area contributed by atoms with Crippen LogP contribution in [0.4, 0.5) is 0 Å². The number of hydrogen-bond donors (Lipinski definition) is 2. The highest BCUT2D eigenvalue weighted by Crippen LogP contribution is 2.28. The van der Waals surface area contributed by atoms with Crippen molar-refractivity contribution in [2.75, 3.05) is 0 Å². The first-order valence-corrected chi connectivity index (χ1v) is 9.97. The Morgan fingerprint density at radius 1 is 1.13 bits per heavy atom. The topological polar surface area (TPSA) is 94.5 Å². The van der Waals surface area contributed by atoms with Gasteiger partial charge in [0.15, 0.2) is 0 Å². The monoisotopic (exact) mass is 465 g/mol. The molecule has 10 heteroatoms. The van der Waals surface area contributed by atoms with Crippen LogP contribution in [0.25, 0.3) is 0 Å². The maximum Gasteiger partial charge on any atom is 0.367 e. The summed E-state index contributed by atoms with van der Waals surface area (Å²) < 4.78 is 1.42. The zero-order chi connectivity index (χ0) is 21.7. The number of benzene rings is 2. The Labute approximate surface area is 188 Å². The van der Waals surface area contributed by atoms with Crippen LogP contribution in [0.1, 0.15) is 27.2 Å². The lowest BCUT2D eigenvalue weighted by atomic mass is 10.2. The van der Waals surface area contributed by atoms with Crippen molar-refractivity contribution in [3.05, 3.63) is 86.1 Å². The van der Waals surface area contributed by atoms with Gasteiger partial charge >= 0.3 is 5.97 Å². The summed E-state index contributed by atoms with van der Waals surface area (Å²) >= 11 is 18.8. The first-order valence-electron chi connectivity index (χ1n) is 8.83. The molecule has 0 aliphatic heterocycles. The number of aryl methyl sites for hydroxylation is 1. The molecule has 3 aromatic rings. The minimum atomic E-state index is -0.744. The average Bonchev–Trinajstić information content (AvgIpc) is 3.01. The zero-order valence-corrected chi connectivity index (χ0v) is 18.2. The lowest BCUT2D eigenvalue weighted by molar-refractivity contribution is 0.0383. The lowest BCUT2D eigenvalue weighted by Crippen LogP contribution is -2.34. The van der Waals surface area contributed by atoms with E-state index in [1.54, 1.807) is 25.1 Å². The second kappa shape index (κ2) is 9.84. The third-order valence-electron chi connectivity index (χ3n) is 4.16. The van der Waals surface area contributed by atoms with Crippen molar-refractivity contribution in [2.24, 2.45) is 10.7 Å². The van der Waals surface area contributed by atoms with Crippen molar-refractivity contribution in [1.82, 2.24) is 15.3 Å². The van der Waals surface area contributed by atoms with Gasteiger partial charge in [0.1, 0.15) is 10.7 Å². The van der Waals surface area contributed by atoms with E-state index in [1.807, 2.05) is 30.3 Å². The molecule has 30 heavy (non-hydrogen) atoms. The Kier molecular flexibility index (Phi) is 7.20. The van der Waals surface area contributed by atoms with Crippen molar-refractivity contribution in [2.45, 2.75) is 20.0 Å². The van der Waals surface area contributed by atoms with Crippen LogP contribution in [0.2, 0.25) is 15.2 Å². The van der Waals surface area contributed by atoms with Crippen molar-refractivity contribution >= 4 is 46.7 Å². The number of guanidine groups is 1. The summed E-state index contributed by atoms with van der Waals surface area (Å²) in [6.07, 6.45) is 0. The van der Waals surface area contributed by atoms with Gasteiger partial charge in [-0.05, 0) is 24.6 Å². The third kappa shape index (κ3) is 5.24. The van der Waals surface area contributed by atoms with Gasteiger partial charge in [-0.3, -0.25) is 0 Å². The number of carbonyl (C=O) groups is 1. The highest BCUT2D eigenvalue weighted by Gasteiger charge is 2.23. The molecule has 0 fully saturated rings. The van der Waals surface area contributed by atoms with Crippen molar-refractivity contribution in [3.8, 4) is 0 Å². The van der Waals surface area contributed by atoms with Gasteiger partial charge in [-0.1, -0.05) is 71.2 Å². The molecular formula is C20H18Cl3N5O2. The number of halogens is 3. The quantitative estimate of drug-likeness (QED) is 0.331. The number of aliphatic imine (C=N–C) groups is 1. The van der Waals surface area contributed by atoms with Crippen LogP contribution in [0.15, 0.2) is 53.5 Å². The van der Waals surface area contributed by atoms with Gasteiger partial charge in [-0.25, -0.2) is 14.5 Å². The Hall–Kier alpha value is -2.74. The van der Waals surface area contributed by atoms with Crippen LogP contribution in [-0.2, 0) is 17.9 Å². The minimum absolute atomic E-state index is 0.0452.